The zero-order valence-corrected chi connectivity index (χ0v) is 9.21. The molecule has 0 radical (unpaired) electrons. The molecule has 0 amide bonds. The Kier molecular flexibility index (Phi) is 1.91. The van der Waals surface area contributed by atoms with Gasteiger partial charge in [0, 0.05) is 24.3 Å². The minimum Gasteiger partial charge on any atom is -0.507 e. The van der Waals surface area contributed by atoms with Crippen LogP contribution >= 0.6 is 0 Å². The molecule has 0 unspecified atom stereocenters. The predicted octanol–water partition coefficient (Wildman–Crippen LogP) is 2.40. The number of aryl methyl sites for hydroxylation is 2. The third-order valence-electron chi connectivity index (χ3n) is 3.69. The molecule has 0 bridgehead atoms. The van der Waals surface area contributed by atoms with Crippen LogP contribution in [0.3, 0.4) is 0 Å². The maximum Gasteiger partial charge on any atom is 0.123 e. The van der Waals surface area contributed by atoms with Gasteiger partial charge in [-0.1, -0.05) is 6.07 Å². The molecule has 1 aromatic carbocycles. The number of benzene rings is 1. The first-order chi connectivity index (χ1) is 7.27. The summed E-state index contributed by atoms with van der Waals surface area (Å²) in [6, 6.07) is 2.17. The smallest absolute Gasteiger partial charge is 0.123 e. The van der Waals surface area contributed by atoms with Crippen molar-refractivity contribution in [3.8, 4) is 5.75 Å². The van der Waals surface area contributed by atoms with Crippen LogP contribution in [-0.2, 0) is 12.8 Å². The summed E-state index contributed by atoms with van der Waals surface area (Å²) in [7, 11) is 0. The highest BCUT2D eigenvalue weighted by Crippen LogP contribution is 2.41. The summed E-state index contributed by atoms with van der Waals surface area (Å²) in [5.41, 5.74) is 5.06. The maximum atomic E-state index is 10.1. The lowest BCUT2D eigenvalue weighted by atomic mass is 9.89. The first-order valence-corrected chi connectivity index (χ1v) is 5.86. The molecular weight excluding hydrogens is 186 g/mol. The van der Waals surface area contributed by atoms with Crippen LogP contribution in [0, 0.1) is 6.92 Å². The average Bonchev–Trinajstić information content (AvgIpc) is 2.26. The second-order valence-corrected chi connectivity index (χ2v) is 4.72. The first kappa shape index (κ1) is 9.08. The summed E-state index contributed by atoms with van der Waals surface area (Å²) in [5.74, 6) is 0.542. The fraction of sp³-hybridized carbons (Fsp3) is 0.538. The van der Waals surface area contributed by atoms with Crippen LogP contribution in [0.2, 0.25) is 0 Å². The first-order valence-electron chi connectivity index (χ1n) is 5.86. The Morgan fingerprint density at radius 1 is 1.20 bits per heavy atom. The highest BCUT2D eigenvalue weighted by atomic mass is 16.3. The van der Waals surface area contributed by atoms with Crippen molar-refractivity contribution < 1.29 is 5.11 Å². The summed E-state index contributed by atoms with van der Waals surface area (Å²) in [6.07, 6.45) is 4.67. The van der Waals surface area contributed by atoms with E-state index in [0.29, 0.717) is 5.75 Å². The van der Waals surface area contributed by atoms with Gasteiger partial charge in [0.05, 0.1) is 0 Å². The number of phenolic OH excluding ortho intramolecular Hbond substituents is 1. The van der Waals surface area contributed by atoms with Gasteiger partial charge in [-0.25, -0.2) is 0 Å². The number of aromatic hydroxyl groups is 1. The molecule has 15 heavy (non-hydrogen) atoms. The molecule has 2 aliphatic heterocycles. The minimum absolute atomic E-state index is 0.542. The van der Waals surface area contributed by atoms with Crippen molar-refractivity contribution in [2.75, 3.05) is 18.0 Å². The molecule has 2 heteroatoms. The summed E-state index contributed by atoms with van der Waals surface area (Å²) >= 11 is 0. The van der Waals surface area contributed by atoms with Crippen molar-refractivity contribution in [2.45, 2.75) is 32.6 Å². The highest BCUT2D eigenvalue weighted by molar-refractivity contribution is 5.68. The predicted molar refractivity (Wildman–Crippen MR) is 61.7 cm³/mol. The molecule has 0 saturated heterocycles. The van der Waals surface area contributed by atoms with E-state index in [2.05, 4.69) is 11.0 Å². The molecule has 0 fully saturated rings. The fourth-order valence-corrected chi connectivity index (χ4v) is 3.01. The topological polar surface area (TPSA) is 23.5 Å². The third-order valence-corrected chi connectivity index (χ3v) is 3.69. The monoisotopic (exact) mass is 203 g/mol. The van der Waals surface area contributed by atoms with Gasteiger partial charge < -0.3 is 10.0 Å². The van der Waals surface area contributed by atoms with Gasteiger partial charge in [-0.3, -0.25) is 0 Å². The van der Waals surface area contributed by atoms with Crippen LogP contribution in [0.25, 0.3) is 0 Å². The maximum absolute atomic E-state index is 10.1. The van der Waals surface area contributed by atoms with E-state index >= 15 is 0 Å². The Morgan fingerprint density at radius 3 is 2.73 bits per heavy atom. The van der Waals surface area contributed by atoms with Crippen LogP contribution < -0.4 is 4.90 Å². The molecule has 0 spiro atoms. The molecule has 1 N–H and O–H groups in total. The molecule has 2 nitrogen and oxygen atoms in total. The van der Waals surface area contributed by atoms with Crippen LogP contribution in [0.5, 0.6) is 5.75 Å². The third kappa shape index (κ3) is 1.24. The van der Waals surface area contributed by atoms with Crippen LogP contribution in [-0.4, -0.2) is 18.2 Å². The molecule has 0 aliphatic carbocycles. The molecule has 2 aliphatic rings. The lowest BCUT2D eigenvalue weighted by molar-refractivity contribution is 0.458. The number of anilines is 1. The zero-order valence-electron chi connectivity index (χ0n) is 9.21. The van der Waals surface area contributed by atoms with Crippen molar-refractivity contribution in [1.82, 2.24) is 0 Å². The van der Waals surface area contributed by atoms with Crippen molar-refractivity contribution in [3.63, 3.8) is 0 Å². The number of nitrogens with zero attached hydrogens (tertiary/aromatic N) is 1. The SMILES string of the molecule is Cc1cc2c3c(c1O)CCCN3CCC2. The molecule has 0 saturated carbocycles. The molecule has 1 aromatic rings. The van der Waals surface area contributed by atoms with Crippen LogP contribution in [0.15, 0.2) is 6.07 Å². The van der Waals surface area contributed by atoms with Crippen molar-refractivity contribution in [2.24, 2.45) is 0 Å². The second kappa shape index (κ2) is 3.16. The van der Waals surface area contributed by atoms with E-state index in [4.69, 9.17) is 0 Å². The minimum atomic E-state index is 0.542. The van der Waals surface area contributed by atoms with Gasteiger partial charge in [0.15, 0.2) is 0 Å². The van der Waals surface area contributed by atoms with Crippen molar-refractivity contribution in [1.29, 1.82) is 0 Å². The number of hydrogen-bond donors (Lipinski definition) is 1. The summed E-state index contributed by atoms with van der Waals surface area (Å²) in [4.78, 5) is 2.46. The normalized spacial score (nSPS) is 18.9. The van der Waals surface area contributed by atoms with Gasteiger partial charge in [-0.2, -0.15) is 0 Å². The number of hydrogen-bond acceptors (Lipinski definition) is 2. The van der Waals surface area contributed by atoms with E-state index in [1.54, 1.807) is 0 Å². The van der Waals surface area contributed by atoms with Gasteiger partial charge in [-0.15, -0.1) is 0 Å². The van der Waals surface area contributed by atoms with Gasteiger partial charge in [-0.05, 0) is 43.7 Å². The van der Waals surface area contributed by atoms with E-state index in [1.165, 1.54) is 49.2 Å². The average molecular weight is 203 g/mol. The van der Waals surface area contributed by atoms with Gasteiger partial charge in [0.1, 0.15) is 5.75 Å². The van der Waals surface area contributed by atoms with Crippen molar-refractivity contribution >= 4 is 5.69 Å². The number of rotatable bonds is 0. The summed E-state index contributed by atoms with van der Waals surface area (Å²) < 4.78 is 0. The highest BCUT2D eigenvalue weighted by Gasteiger charge is 2.26. The Labute approximate surface area is 90.5 Å². The molecule has 80 valence electrons. The van der Waals surface area contributed by atoms with Gasteiger partial charge >= 0.3 is 0 Å². The Bertz CT molecular complexity index is 409. The lowest BCUT2D eigenvalue weighted by Crippen LogP contribution is -2.34. The molecule has 3 rings (SSSR count). The van der Waals surface area contributed by atoms with E-state index < -0.39 is 0 Å². The number of phenols is 1. The van der Waals surface area contributed by atoms with E-state index in [0.717, 1.165) is 12.0 Å². The van der Waals surface area contributed by atoms with Gasteiger partial charge in [0.2, 0.25) is 0 Å². The molecular formula is C13H17NO. The van der Waals surface area contributed by atoms with Crippen LogP contribution in [0.1, 0.15) is 29.5 Å². The van der Waals surface area contributed by atoms with Gasteiger partial charge in [0.25, 0.3) is 0 Å². The van der Waals surface area contributed by atoms with E-state index in [-0.39, 0.29) is 0 Å². The molecule has 0 atom stereocenters. The van der Waals surface area contributed by atoms with E-state index in [1.807, 2.05) is 6.92 Å². The quantitative estimate of drug-likeness (QED) is 0.700. The Balaban J connectivity index is 2.25. The summed E-state index contributed by atoms with van der Waals surface area (Å²) in [5, 5.41) is 10.1. The standard InChI is InChI=1S/C13H17NO/c1-9-8-10-4-2-6-14-7-3-5-11(12(10)14)13(9)15/h8,15H,2-7H2,1H3. The summed E-state index contributed by atoms with van der Waals surface area (Å²) in [6.45, 7) is 4.35. The largest absolute Gasteiger partial charge is 0.507 e. The fourth-order valence-electron chi connectivity index (χ4n) is 3.01. The molecule has 2 heterocycles. The Morgan fingerprint density at radius 2 is 1.93 bits per heavy atom. The zero-order chi connectivity index (χ0) is 10.4. The van der Waals surface area contributed by atoms with Crippen molar-refractivity contribution in [3.05, 3.63) is 22.8 Å². The second-order valence-electron chi connectivity index (χ2n) is 4.72. The lowest BCUT2D eigenvalue weighted by Gasteiger charge is -2.37. The van der Waals surface area contributed by atoms with E-state index in [9.17, 15) is 5.11 Å². The van der Waals surface area contributed by atoms with Crippen LogP contribution in [0.4, 0.5) is 5.69 Å². The Hall–Kier alpha value is -1.18. The molecule has 0 aromatic heterocycles.